The summed E-state index contributed by atoms with van der Waals surface area (Å²) in [5, 5.41) is 15.5. The molecule has 0 saturated carbocycles. The molecule has 3 amide bonds. The standard InChI is InChI=1S/C29H41N3O6/c1-18(2)24(31-28(36)38-29(5,6)7)27(35)32(15-16-33)25(23-17-19(3)9-10-20(23)4)26(34)30-21-11-13-22(37-8)14-12-21/h9-14,17-18,24-25,33H,15-16H2,1-8H3,(H,30,34)(H,31,36). The molecule has 2 unspecified atom stereocenters. The molecular weight excluding hydrogens is 486 g/mol. The van der Waals surface area contributed by atoms with Crippen LogP contribution in [0.25, 0.3) is 0 Å². The number of aliphatic hydroxyl groups excluding tert-OH is 1. The topological polar surface area (TPSA) is 117 Å². The van der Waals surface area contributed by atoms with Crippen molar-refractivity contribution in [3.63, 3.8) is 0 Å². The van der Waals surface area contributed by atoms with Crippen molar-refractivity contribution < 1.29 is 29.0 Å². The number of carbonyl (C=O) groups excluding carboxylic acids is 3. The average Bonchev–Trinajstić information content (AvgIpc) is 2.83. The summed E-state index contributed by atoms with van der Waals surface area (Å²) in [6.07, 6.45) is -0.737. The molecule has 208 valence electrons. The molecule has 0 saturated heterocycles. The van der Waals surface area contributed by atoms with Crippen LogP contribution in [0.15, 0.2) is 42.5 Å². The Morgan fingerprint density at radius 2 is 1.66 bits per heavy atom. The maximum atomic E-state index is 14.0. The zero-order valence-electron chi connectivity index (χ0n) is 23.6. The summed E-state index contributed by atoms with van der Waals surface area (Å²) >= 11 is 0. The van der Waals surface area contributed by atoms with Gasteiger partial charge in [-0.25, -0.2) is 4.79 Å². The predicted octanol–water partition coefficient (Wildman–Crippen LogP) is 4.36. The van der Waals surface area contributed by atoms with Gasteiger partial charge >= 0.3 is 6.09 Å². The van der Waals surface area contributed by atoms with Crippen molar-refractivity contribution in [2.75, 3.05) is 25.6 Å². The van der Waals surface area contributed by atoms with Crippen LogP contribution < -0.4 is 15.4 Å². The molecule has 3 N–H and O–H groups in total. The molecule has 2 aromatic rings. The third kappa shape index (κ3) is 8.48. The Morgan fingerprint density at radius 1 is 1.03 bits per heavy atom. The van der Waals surface area contributed by atoms with Crippen LogP contribution in [0.3, 0.4) is 0 Å². The number of aryl methyl sites for hydroxylation is 2. The van der Waals surface area contributed by atoms with Gasteiger partial charge in [-0.2, -0.15) is 0 Å². The Hall–Kier alpha value is -3.59. The quantitative estimate of drug-likeness (QED) is 0.423. The van der Waals surface area contributed by atoms with Gasteiger partial charge in [0.05, 0.1) is 13.7 Å². The molecule has 0 radical (unpaired) electrons. The number of hydrogen-bond donors (Lipinski definition) is 3. The van der Waals surface area contributed by atoms with Crippen molar-refractivity contribution in [3.05, 3.63) is 59.2 Å². The number of nitrogens with zero attached hydrogens (tertiary/aromatic N) is 1. The molecule has 9 nitrogen and oxygen atoms in total. The Balaban J connectivity index is 2.53. The lowest BCUT2D eigenvalue weighted by atomic mass is 9.95. The first-order valence-electron chi connectivity index (χ1n) is 12.7. The van der Waals surface area contributed by atoms with E-state index in [4.69, 9.17) is 9.47 Å². The highest BCUT2D eigenvalue weighted by atomic mass is 16.6. The highest BCUT2D eigenvalue weighted by molar-refractivity contribution is 5.99. The van der Waals surface area contributed by atoms with Crippen LogP contribution in [0.2, 0.25) is 0 Å². The van der Waals surface area contributed by atoms with E-state index in [0.717, 1.165) is 11.1 Å². The smallest absolute Gasteiger partial charge is 0.408 e. The van der Waals surface area contributed by atoms with Crippen molar-refractivity contribution >= 4 is 23.6 Å². The summed E-state index contributed by atoms with van der Waals surface area (Å²) in [6.45, 7) is 12.1. The summed E-state index contributed by atoms with van der Waals surface area (Å²) in [5.74, 6) is -0.639. The van der Waals surface area contributed by atoms with Gasteiger partial charge in [0, 0.05) is 12.2 Å². The minimum Gasteiger partial charge on any atom is -0.497 e. The number of methoxy groups -OCH3 is 1. The van der Waals surface area contributed by atoms with Crippen molar-refractivity contribution in [2.24, 2.45) is 5.92 Å². The molecule has 0 aliphatic heterocycles. The Bertz CT molecular complexity index is 1110. The van der Waals surface area contributed by atoms with Crippen molar-refractivity contribution in [3.8, 4) is 5.75 Å². The van der Waals surface area contributed by atoms with Gasteiger partial charge in [0.25, 0.3) is 5.91 Å². The first kappa shape index (κ1) is 30.6. The number of benzene rings is 2. The molecule has 0 fully saturated rings. The van der Waals surface area contributed by atoms with E-state index in [9.17, 15) is 19.5 Å². The van der Waals surface area contributed by atoms with E-state index in [1.54, 1.807) is 66.0 Å². The van der Waals surface area contributed by atoms with E-state index in [1.807, 2.05) is 32.0 Å². The Labute approximate surface area is 225 Å². The number of alkyl carbamates (subject to hydrolysis) is 1. The van der Waals surface area contributed by atoms with Crippen molar-refractivity contribution in [2.45, 2.75) is 66.2 Å². The highest BCUT2D eigenvalue weighted by Crippen LogP contribution is 2.29. The zero-order valence-corrected chi connectivity index (χ0v) is 23.6. The summed E-state index contributed by atoms with van der Waals surface area (Å²) < 4.78 is 10.6. The van der Waals surface area contributed by atoms with Crippen LogP contribution in [0.5, 0.6) is 5.75 Å². The van der Waals surface area contributed by atoms with Gasteiger partial charge in [-0.05, 0) is 75.9 Å². The lowest BCUT2D eigenvalue weighted by molar-refractivity contribution is -0.142. The first-order valence-corrected chi connectivity index (χ1v) is 12.7. The molecule has 38 heavy (non-hydrogen) atoms. The summed E-state index contributed by atoms with van der Waals surface area (Å²) in [6, 6.07) is 10.5. The second kappa shape index (κ2) is 13.3. The number of hydrogen-bond acceptors (Lipinski definition) is 6. The lowest BCUT2D eigenvalue weighted by Crippen LogP contribution is -2.55. The minimum atomic E-state index is -1.07. The SMILES string of the molecule is COc1ccc(NC(=O)C(c2cc(C)ccc2C)N(CCO)C(=O)C(NC(=O)OC(C)(C)C)C(C)C)cc1. The third-order valence-electron chi connectivity index (χ3n) is 5.88. The molecule has 9 heteroatoms. The van der Waals surface area contributed by atoms with E-state index in [2.05, 4.69) is 10.6 Å². The average molecular weight is 528 g/mol. The molecule has 0 aromatic heterocycles. The van der Waals surface area contributed by atoms with Crippen molar-refractivity contribution in [1.29, 1.82) is 0 Å². The largest absolute Gasteiger partial charge is 0.497 e. The van der Waals surface area contributed by atoms with Crippen LogP contribution in [-0.2, 0) is 14.3 Å². The van der Waals surface area contributed by atoms with Crippen LogP contribution in [0.1, 0.15) is 57.4 Å². The first-order chi connectivity index (χ1) is 17.8. The maximum absolute atomic E-state index is 14.0. The predicted molar refractivity (Wildman–Crippen MR) is 147 cm³/mol. The number of amides is 3. The van der Waals surface area contributed by atoms with Crippen molar-refractivity contribution in [1.82, 2.24) is 10.2 Å². The molecule has 2 aromatic carbocycles. The van der Waals surface area contributed by atoms with Gasteiger partial charge < -0.3 is 30.1 Å². The number of rotatable bonds is 10. The van der Waals surface area contributed by atoms with Crippen LogP contribution in [0, 0.1) is 19.8 Å². The number of nitrogens with one attached hydrogen (secondary N) is 2. The fraction of sp³-hybridized carbons (Fsp3) is 0.483. The van der Waals surface area contributed by atoms with Gasteiger partial charge in [-0.15, -0.1) is 0 Å². The number of aliphatic hydroxyl groups is 1. The molecular formula is C29H41N3O6. The fourth-order valence-electron chi connectivity index (χ4n) is 3.99. The maximum Gasteiger partial charge on any atom is 0.408 e. The lowest BCUT2D eigenvalue weighted by Gasteiger charge is -2.36. The molecule has 0 spiro atoms. The monoisotopic (exact) mass is 527 g/mol. The van der Waals surface area contributed by atoms with Crippen LogP contribution in [0.4, 0.5) is 10.5 Å². The second-order valence-electron chi connectivity index (χ2n) is 10.6. The minimum absolute atomic E-state index is 0.119. The number of anilines is 1. The Morgan fingerprint density at radius 3 is 2.18 bits per heavy atom. The molecule has 0 aliphatic carbocycles. The van der Waals surface area contributed by atoms with Gasteiger partial charge in [-0.1, -0.05) is 37.6 Å². The van der Waals surface area contributed by atoms with Gasteiger partial charge in [0.2, 0.25) is 5.91 Å². The van der Waals surface area contributed by atoms with Gasteiger partial charge in [0.1, 0.15) is 23.4 Å². The van der Waals surface area contributed by atoms with E-state index in [1.165, 1.54) is 4.90 Å². The van der Waals surface area contributed by atoms with Crippen LogP contribution >= 0.6 is 0 Å². The molecule has 2 rings (SSSR count). The number of ether oxygens (including phenoxy) is 2. The van der Waals surface area contributed by atoms with Crippen LogP contribution in [-0.4, -0.2) is 59.8 Å². The fourth-order valence-corrected chi connectivity index (χ4v) is 3.99. The normalized spacial score (nSPS) is 12.9. The second-order valence-corrected chi connectivity index (χ2v) is 10.6. The van der Waals surface area contributed by atoms with Gasteiger partial charge in [-0.3, -0.25) is 9.59 Å². The number of carbonyl (C=O) groups is 3. The van der Waals surface area contributed by atoms with E-state index >= 15 is 0 Å². The molecule has 0 heterocycles. The zero-order chi connectivity index (χ0) is 28.6. The van der Waals surface area contributed by atoms with E-state index in [0.29, 0.717) is 17.0 Å². The van der Waals surface area contributed by atoms with E-state index < -0.39 is 35.6 Å². The summed E-state index contributed by atoms with van der Waals surface area (Å²) in [5.41, 5.74) is 2.12. The molecule has 0 bridgehead atoms. The summed E-state index contributed by atoms with van der Waals surface area (Å²) in [7, 11) is 1.55. The molecule has 2 atom stereocenters. The van der Waals surface area contributed by atoms with Gasteiger partial charge in [0.15, 0.2) is 0 Å². The Kier molecular flexibility index (Phi) is 10.7. The van der Waals surface area contributed by atoms with E-state index in [-0.39, 0.29) is 19.1 Å². The highest BCUT2D eigenvalue weighted by Gasteiger charge is 2.38. The summed E-state index contributed by atoms with van der Waals surface area (Å²) in [4.78, 5) is 41.7. The third-order valence-corrected chi connectivity index (χ3v) is 5.88. The molecule has 0 aliphatic rings.